The van der Waals surface area contributed by atoms with Gasteiger partial charge in [0.1, 0.15) is 0 Å². The number of amides is 2. The third-order valence-electron chi connectivity index (χ3n) is 2.47. The zero-order chi connectivity index (χ0) is 15.4. The summed E-state index contributed by atoms with van der Waals surface area (Å²) in [6.45, 7) is 0.140. The van der Waals surface area contributed by atoms with Gasteiger partial charge in [0.2, 0.25) is 0 Å². The van der Waals surface area contributed by atoms with Crippen molar-refractivity contribution in [3.63, 3.8) is 0 Å². The Bertz CT molecular complexity index is 740. The number of thiazole rings is 1. The van der Waals surface area contributed by atoms with E-state index in [0.29, 0.717) is 10.2 Å². The second kappa shape index (κ2) is 6.55. The number of hydrogen-bond acceptors (Lipinski definition) is 4. The standard InChI is InChI=1S/C12H10BrN3O4S/c13-6-1-2-8(10(17)18)9(3-6)16-11(19)14-4-7-5-21-12(20)15-7/h1-3,5H,4H2,(H,15,20)(H,17,18)(H2,14,16,19). The number of nitrogens with one attached hydrogen (secondary N) is 3. The number of carbonyl (C=O) groups excluding carboxylic acids is 1. The number of urea groups is 1. The van der Waals surface area contributed by atoms with Crippen LogP contribution in [0.2, 0.25) is 0 Å². The highest BCUT2D eigenvalue weighted by molar-refractivity contribution is 9.10. The van der Waals surface area contributed by atoms with Crippen molar-refractivity contribution in [2.45, 2.75) is 6.54 Å². The first-order chi connectivity index (χ1) is 9.95. The molecule has 0 aliphatic carbocycles. The minimum atomic E-state index is -1.14. The quantitative estimate of drug-likeness (QED) is 0.659. The Morgan fingerprint density at radius 3 is 2.76 bits per heavy atom. The monoisotopic (exact) mass is 371 g/mol. The van der Waals surface area contributed by atoms with Crippen LogP contribution in [0.4, 0.5) is 10.5 Å². The smallest absolute Gasteiger partial charge is 0.337 e. The second-order valence-corrected chi connectivity index (χ2v) is 5.73. The Balaban J connectivity index is 2.03. The number of benzene rings is 1. The highest BCUT2D eigenvalue weighted by Crippen LogP contribution is 2.21. The van der Waals surface area contributed by atoms with Gasteiger partial charge in [-0.25, -0.2) is 9.59 Å². The summed E-state index contributed by atoms with van der Waals surface area (Å²) in [4.78, 5) is 36.1. The summed E-state index contributed by atoms with van der Waals surface area (Å²) < 4.78 is 0.643. The number of carbonyl (C=O) groups is 2. The minimum absolute atomic E-state index is 0.0164. The fourth-order valence-corrected chi connectivity index (χ4v) is 2.49. The third-order valence-corrected chi connectivity index (χ3v) is 3.68. The van der Waals surface area contributed by atoms with Crippen molar-refractivity contribution < 1.29 is 14.7 Å². The number of hydrogen-bond donors (Lipinski definition) is 4. The highest BCUT2D eigenvalue weighted by Gasteiger charge is 2.12. The van der Waals surface area contributed by atoms with Crippen LogP contribution in [0.5, 0.6) is 0 Å². The van der Waals surface area contributed by atoms with Gasteiger partial charge in [0, 0.05) is 15.5 Å². The molecule has 2 aromatic rings. The number of halogens is 1. The zero-order valence-corrected chi connectivity index (χ0v) is 12.9. The van der Waals surface area contributed by atoms with E-state index in [1.807, 2.05) is 0 Å². The predicted octanol–water partition coefficient (Wildman–Crippen LogP) is 2.22. The molecule has 2 amide bonds. The number of carboxylic acids is 1. The summed E-state index contributed by atoms with van der Waals surface area (Å²) in [7, 11) is 0. The summed E-state index contributed by atoms with van der Waals surface area (Å²) in [5.74, 6) is -1.14. The molecule has 0 bridgehead atoms. The van der Waals surface area contributed by atoms with Crippen molar-refractivity contribution in [2.24, 2.45) is 0 Å². The topological polar surface area (TPSA) is 111 Å². The highest BCUT2D eigenvalue weighted by atomic mass is 79.9. The summed E-state index contributed by atoms with van der Waals surface area (Å²) in [6.07, 6.45) is 0. The molecular formula is C12H10BrN3O4S. The molecule has 0 saturated carbocycles. The number of rotatable bonds is 4. The molecule has 0 aliphatic rings. The molecule has 0 fully saturated rings. The van der Waals surface area contributed by atoms with Crippen LogP contribution in [0, 0.1) is 0 Å². The lowest BCUT2D eigenvalue weighted by molar-refractivity contribution is 0.0698. The van der Waals surface area contributed by atoms with Crippen molar-refractivity contribution in [3.05, 3.63) is 49.0 Å². The van der Waals surface area contributed by atoms with E-state index in [2.05, 4.69) is 31.5 Å². The van der Waals surface area contributed by atoms with Crippen LogP contribution in [0.3, 0.4) is 0 Å². The van der Waals surface area contributed by atoms with E-state index >= 15 is 0 Å². The fraction of sp³-hybridized carbons (Fsp3) is 0.0833. The lowest BCUT2D eigenvalue weighted by Gasteiger charge is -2.10. The van der Waals surface area contributed by atoms with Crippen molar-refractivity contribution in [1.82, 2.24) is 10.3 Å². The maximum Gasteiger partial charge on any atom is 0.337 e. The molecule has 1 heterocycles. The molecule has 7 nitrogen and oxygen atoms in total. The van der Waals surface area contributed by atoms with Gasteiger partial charge < -0.3 is 20.7 Å². The number of carboxylic acid groups (broad SMARTS) is 1. The van der Waals surface area contributed by atoms with Gasteiger partial charge in [-0.3, -0.25) is 4.79 Å². The molecule has 0 spiro atoms. The molecule has 0 atom stereocenters. The number of aromatic nitrogens is 1. The lowest BCUT2D eigenvalue weighted by Crippen LogP contribution is -2.29. The predicted molar refractivity (Wildman–Crippen MR) is 81.9 cm³/mol. The molecule has 0 radical (unpaired) electrons. The Kier molecular flexibility index (Phi) is 4.76. The van der Waals surface area contributed by atoms with Crippen LogP contribution < -0.4 is 15.5 Å². The van der Waals surface area contributed by atoms with Crippen molar-refractivity contribution >= 4 is 45.0 Å². The number of anilines is 1. The fourth-order valence-electron chi connectivity index (χ4n) is 1.55. The summed E-state index contributed by atoms with van der Waals surface area (Å²) in [5, 5.41) is 15.6. The van der Waals surface area contributed by atoms with E-state index in [1.54, 1.807) is 11.4 Å². The zero-order valence-electron chi connectivity index (χ0n) is 10.5. The van der Waals surface area contributed by atoms with Crippen LogP contribution in [0.15, 0.2) is 32.8 Å². The first kappa shape index (κ1) is 15.3. The van der Waals surface area contributed by atoms with Gasteiger partial charge in [0.15, 0.2) is 0 Å². The molecule has 0 aliphatic heterocycles. The van der Waals surface area contributed by atoms with Gasteiger partial charge in [-0.15, -0.1) is 0 Å². The molecular weight excluding hydrogens is 362 g/mol. The Morgan fingerprint density at radius 1 is 1.38 bits per heavy atom. The van der Waals surface area contributed by atoms with Gasteiger partial charge in [0.25, 0.3) is 0 Å². The summed E-state index contributed by atoms with van der Waals surface area (Å²) in [5.41, 5.74) is 0.735. The molecule has 0 unspecified atom stereocenters. The Hall–Kier alpha value is -2.13. The molecule has 1 aromatic heterocycles. The Labute approximate surface area is 131 Å². The SMILES string of the molecule is O=C(NCc1csc(=O)[nH]1)Nc1cc(Br)ccc1C(=O)O. The van der Waals surface area contributed by atoms with E-state index in [1.165, 1.54) is 12.1 Å². The van der Waals surface area contributed by atoms with Crippen LogP contribution in [-0.4, -0.2) is 22.1 Å². The minimum Gasteiger partial charge on any atom is -0.478 e. The lowest BCUT2D eigenvalue weighted by atomic mass is 10.2. The third kappa shape index (κ3) is 4.17. The van der Waals surface area contributed by atoms with E-state index in [-0.39, 0.29) is 22.7 Å². The summed E-state index contributed by atoms with van der Waals surface area (Å²) >= 11 is 4.21. The largest absolute Gasteiger partial charge is 0.478 e. The van der Waals surface area contributed by atoms with E-state index in [4.69, 9.17) is 5.11 Å². The molecule has 4 N–H and O–H groups in total. The van der Waals surface area contributed by atoms with Gasteiger partial charge in [0.05, 0.1) is 17.8 Å². The van der Waals surface area contributed by atoms with Crippen molar-refractivity contribution in [1.29, 1.82) is 0 Å². The number of aromatic carboxylic acids is 1. The van der Waals surface area contributed by atoms with E-state index in [0.717, 1.165) is 11.3 Å². The first-order valence-corrected chi connectivity index (χ1v) is 7.37. The average Bonchev–Trinajstić information content (AvgIpc) is 2.82. The van der Waals surface area contributed by atoms with Crippen LogP contribution in [0.1, 0.15) is 16.1 Å². The normalized spacial score (nSPS) is 10.1. The van der Waals surface area contributed by atoms with Crippen LogP contribution in [0.25, 0.3) is 0 Å². The number of H-pyrrole nitrogens is 1. The van der Waals surface area contributed by atoms with Crippen LogP contribution >= 0.6 is 27.3 Å². The maximum absolute atomic E-state index is 11.8. The average molecular weight is 372 g/mol. The molecule has 9 heteroatoms. The maximum atomic E-state index is 11.8. The van der Waals surface area contributed by atoms with Gasteiger partial charge in [-0.2, -0.15) is 0 Å². The molecule has 2 rings (SSSR count). The van der Waals surface area contributed by atoms with E-state index < -0.39 is 12.0 Å². The molecule has 1 aromatic carbocycles. The van der Waals surface area contributed by atoms with Crippen LogP contribution in [-0.2, 0) is 6.54 Å². The summed E-state index contributed by atoms with van der Waals surface area (Å²) in [6, 6.07) is 3.89. The van der Waals surface area contributed by atoms with Gasteiger partial charge in [-0.05, 0) is 18.2 Å². The van der Waals surface area contributed by atoms with E-state index in [9.17, 15) is 14.4 Å². The first-order valence-electron chi connectivity index (χ1n) is 5.70. The molecule has 110 valence electrons. The van der Waals surface area contributed by atoms with Gasteiger partial charge >= 0.3 is 16.9 Å². The van der Waals surface area contributed by atoms with Gasteiger partial charge in [-0.1, -0.05) is 27.3 Å². The Morgan fingerprint density at radius 2 is 2.14 bits per heavy atom. The second-order valence-electron chi connectivity index (χ2n) is 3.98. The molecule has 0 saturated heterocycles. The van der Waals surface area contributed by atoms with Crippen molar-refractivity contribution in [3.8, 4) is 0 Å². The molecule has 21 heavy (non-hydrogen) atoms. The number of aromatic amines is 1. The van der Waals surface area contributed by atoms with Crippen molar-refractivity contribution in [2.75, 3.05) is 5.32 Å².